The molecule has 2 unspecified atom stereocenters. The Labute approximate surface area is 111 Å². The topological polar surface area (TPSA) is 29.1 Å². The molecule has 0 bridgehead atoms. The van der Waals surface area contributed by atoms with E-state index in [0.29, 0.717) is 5.92 Å². The van der Waals surface area contributed by atoms with Gasteiger partial charge in [0, 0.05) is 14.0 Å². The minimum atomic E-state index is 0.143. The van der Waals surface area contributed by atoms with Gasteiger partial charge in [-0.25, -0.2) is 0 Å². The third-order valence-corrected chi connectivity index (χ3v) is 3.96. The first-order valence-electron chi connectivity index (χ1n) is 4.84. The molecule has 1 aliphatic rings. The lowest BCUT2D eigenvalue weighted by Gasteiger charge is -2.07. The summed E-state index contributed by atoms with van der Waals surface area (Å²) in [5, 5.41) is 2.94. The zero-order chi connectivity index (χ0) is 11.0. The number of carbonyl (C=O) groups is 1. The highest BCUT2D eigenvalue weighted by atomic mass is 127. The number of nitrogens with one attached hydrogen (secondary N) is 1. The summed E-state index contributed by atoms with van der Waals surface area (Å²) in [5.41, 5.74) is 0.861. The second-order valence-corrected chi connectivity index (χ2v) is 6.03. The smallest absolute Gasteiger partial charge is 0.227 e. The highest BCUT2D eigenvalue weighted by molar-refractivity contribution is 14.1. The first-order chi connectivity index (χ1) is 7.08. The van der Waals surface area contributed by atoms with Gasteiger partial charge < -0.3 is 5.32 Å². The number of amides is 1. The Morgan fingerprint density at radius 2 is 2.27 bits per heavy atom. The standard InChI is InChI=1S/C11H11BrINO/c1-6-4-8(6)11(15)14-10-3-2-7(13)5-9(10)12/h2-3,5-6,8H,4H2,1H3,(H,14,15). The third kappa shape index (κ3) is 2.72. The highest BCUT2D eigenvalue weighted by Gasteiger charge is 2.39. The van der Waals surface area contributed by atoms with Crippen LogP contribution in [0.3, 0.4) is 0 Å². The van der Waals surface area contributed by atoms with E-state index >= 15 is 0 Å². The van der Waals surface area contributed by atoms with Crippen molar-refractivity contribution in [1.82, 2.24) is 0 Å². The number of rotatable bonds is 2. The average molecular weight is 380 g/mol. The van der Waals surface area contributed by atoms with E-state index in [0.717, 1.165) is 20.2 Å². The van der Waals surface area contributed by atoms with Crippen molar-refractivity contribution in [3.63, 3.8) is 0 Å². The fourth-order valence-corrected chi connectivity index (χ4v) is 2.90. The summed E-state index contributed by atoms with van der Waals surface area (Å²) in [6.07, 6.45) is 1.02. The van der Waals surface area contributed by atoms with Crippen molar-refractivity contribution >= 4 is 50.1 Å². The van der Waals surface area contributed by atoms with Gasteiger partial charge in [0.1, 0.15) is 0 Å². The Balaban J connectivity index is 2.07. The number of benzene rings is 1. The van der Waals surface area contributed by atoms with Crippen LogP contribution in [-0.4, -0.2) is 5.91 Å². The zero-order valence-electron chi connectivity index (χ0n) is 8.26. The molecule has 80 valence electrons. The third-order valence-electron chi connectivity index (χ3n) is 2.64. The van der Waals surface area contributed by atoms with Gasteiger partial charge in [-0.2, -0.15) is 0 Å². The first kappa shape index (κ1) is 11.4. The van der Waals surface area contributed by atoms with E-state index in [1.54, 1.807) is 0 Å². The van der Waals surface area contributed by atoms with E-state index in [4.69, 9.17) is 0 Å². The van der Waals surface area contributed by atoms with E-state index in [1.807, 2.05) is 18.2 Å². The number of hydrogen-bond acceptors (Lipinski definition) is 1. The molecule has 4 heteroatoms. The van der Waals surface area contributed by atoms with Crippen molar-refractivity contribution in [2.24, 2.45) is 11.8 Å². The maximum atomic E-state index is 11.7. The summed E-state index contributed by atoms with van der Waals surface area (Å²) in [6.45, 7) is 2.10. The summed E-state index contributed by atoms with van der Waals surface area (Å²) in [4.78, 5) is 11.7. The molecule has 2 nitrogen and oxygen atoms in total. The number of anilines is 1. The second-order valence-electron chi connectivity index (χ2n) is 3.93. The van der Waals surface area contributed by atoms with Crippen LogP contribution in [0.5, 0.6) is 0 Å². The van der Waals surface area contributed by atoms with Crippen LogP contribution in [0.15, 0.2) is 22.7 Å². The van der Waals surface area contributed by atoms with Gasteiger partial charge >= 0.3 is 0 Å². The van der Waals surface area contributed by atoms with E-state index in [2.05, 4.69) is 50.8 Å². The fourth-order valence-electron chi connectivity index (χ4n) is 1.50. The molecule has 1 aliphatic carbocycles. The van der Waals surface area contributed by atoms with Gasteiger partial charge in [0.2, 0.25) is 5.91 Å². The Kier molecular flexibility index (Phi) is 3.35. The number of halogens is 2. The van der Waals surface area contributed by atoms with E-state index in [9.17, 15) is 4.79 Å². The number of hydrogen-bond donors (Lipinski definition) is 1. The predicted octanol–water partition coefficient (Wildman–Crippen LogP) is 3.65. The Hall–Kier alpha value is -0.100. The summed E-state index contributed by atoms with van der Waals surface area (Å²) < 4.78 is 2.09. The normalized spacial score (nSPS) is 23.7. The predicted molar refractivity (Wildman–Crippen MR) is 72.8 cm³/mol. The van der Waals surface area contributed by atoms with Crippen molar-refractivity contribution in [2.45, 2.75) is 13.3 Å². The van der Waals surface area contributed by atoms with Gasteiger partial charge in [0.15, 0.2) is 0 Å². The quantitative estimate of drug-likeness (QED) is 0.781. The molecule has 2 atom stereocenters. The molecule has 0 radical (unpaired) electrons. The maximum absolute atomic E-state index is 11.7. The Bertz CT molecular complexity index is 408. The van der Waals surface area contributed by atoms with Crippen LogP contribution < -0.4 is 5.32 Å². The van der Waals surface area contributed by atoms with E-state index in [-0.39, 0.29) is 11.8 Å². The van der Waals surface area contributed by atoms with Crippen LogP contribution >= 0.6 is 38.5 Å². The molecule has 1 saturated carbocycles. The van der Waals surface area contributed by atoms with Crippen molar-refractivity contribution in [2.75, 3.05) is 5.32 Å². The molecule has 2 rings (SSSR count). The molecule has 1 N–H and O–H groups in total. The fraction of sp³-hybridized carbons (Fsp3) is 0.364. The molecule has 15 heavy (non-hydrogen) atoms. The molecule has 0 saturated heterocycles. The van der Waals surface area contributed by atoms with Crippen LogP contribution in [0.4, 0.5) is 5.69 Å². The number of carbonyl (C=O) groups excluding carboxylic acids is 1. The minimum Gasteiger partial charge on any atom is -0.325 e. The van der Waals surface area contributed by atoms with Crippen LogP contribution in [0.1, 0.15) is 13.3 Å². The van der Waals surface area contributed by atoms with Crippen molar-refractivity contribution in [3.8, 4) is 0 Å². The molecular formula is C11H11BrINO. The van der Waals surface area contributed by atoms with Gasteiger partial charge in [-0.1, -0.05) is 6.92 Å². The minimum absolute atomic E-state index is 0.143. The lowest BCUT2D eigenvalue weighted by Crippen LogP contribution is -2.14. The maximum Gasteiger partial charge on any atom is 0.227 e. The molecule has 0 spiro atoms. The molecule has 1 aromatic rings. The van der Waals surface area contributed by atoms with E-state index in [1.165, 1.54) is 0 Å². The van der Waals surface area contributed by atoms with Crippen molar-refractivity contribution in [1.29, 1.82) is 0 Å². The van der Waals surface area contributed by atoms with Gasteiger partial charge in [-0.05, 0) is 69.1 Å². The van der Waals surface area contributed by atoms with Crippen molar-refractivity contribution in [3.05, 3.63) is 26.2 Å². The average Bonchev–Trinajstić information content (AvgIpc) is 2.88. The lowest BCUT2D eigenvalue weighted by atomic mass is 10.3. The Morgan fingerprint density at radius 1 is 1.60 bits per heavy atom. The zero-order valence-corrected chi connectivity index (χ0v) is 12.0. The van der Waals surface area contributed by atoms with Crippen LogP contribution in [0.25, 0.3) is 0 Å². The summed E-state index contributed by atoms with van der Waals surface area (Å²) in [7, 11) is 0. The molecule has 0 heterocycles. The molecule has 0 aliphatic heterocycles. The van der Waals surface area contributed by atoms with Crippen LogP contribution in [0.2, 0.25) is 0 Å². The molecule has 1 fully saturated rings. The van der Waals surface area contributed by atoms with Crippen LogP contribution in [-0.2, 0) is 4.79 Å². The monoisotopic (exact) mass is 379 g/mol. The van der Waals surface area contributed by atoms with Gasteiger partial charge in [0.05, 0.1) is 5.69 Å². The molecule has 1 amide bonds. The summed E-state index contributed by atoms with van der Waals surface area (Å²) >= 11 is 5.68. The van der Waals surface area contributed by atoms with Gasteiger partial charge in [-0.15, -0.1) is 0 Å². The second kappa shape index (κ2) is 4.41. The summed E-state index contributed by atoms with van der Waals surface area (Å²) in [6, 6.07) is 5.90. The highest BCUT2D eigenvalue weighted by Crippen LogP contribution is 2.39. The van der Waals surface area contributed by atoms with E-state index < -0.39 is 0 Å². The first-order valence-corrected chi connectivity index (χ1v) is 6.71. The molecule has 1 aromatic carbocycles. The lowest BCUT2D eigenvalue weighted by molar-refractivity contribution is -0.117. The molecule has 0 aromatic heterocycles. The Morgan fingerprint density at radius 3 is 2.80 bits per heavy atom. The van der Waals surface area contributed by atoms with Crippen molar-refractivity contribution < 1.29 is 4.79 Å². The van der Waals surface area contributed by atoms with Gasteiger partial charge in [0.25, 0.3) is 0 Å². The summed E-state index contributed by atoms with van der Waals surface area (Å²) in [5.74, 6) is 0.910. The van der Waals surface area contributed by atoms with Crippen LogP contribution in [0, 0.1) is 15.4 Å². The largest absolute Gasteiger partial charge is 0.325 e. The molecular weight excluding hydrogens is 369 g/mol. The van der Waals surface area contributed by atoms with Gasteiger partial charge in [-0.3, -0.25) is 4.79 Å². The SMILES string of the molecule is CC1CC1C(=O)Nc1ccc(I)cc1Br.